The molecule has 2 atom stereocenters. The normalized spacial score (nSPS) is 16.1. The van der Waals surface area contributed by atoms with E-state index in [9.17, 15) is 5.11 Å². The molecule has 0 radical (unpaired) electrons. The van der Waals surface area contributed by atoms with Gasteiger partial charge in [0.25, 0.3) is 0 Å². The van der Waals surface area contributed by atoms with Crippen molar-refractivity contribution in [1.29, 1.82) is 0 Å². The molecule has 2 nitrogen and oxygen atoms in total. The van der Waals surface area contributed by atoms with E-state index < -0.39 is 5.60 Å². The van der Waals surface area contributed by atoms with Gasteiger partial charge < -0.3 is 10.8 Å². The second-order valence-corrected chi connectivity index (χ2v) is 3.30. The summed E-state index contributed by atoms with van der Waals surface area (Å²) in [6, 6.07) is 0. The summed E-state index contributed by atoms with van der Waals surface area (Å²) in [4.78, 5) is 0. The number of nitrogens with two attached hydrogens (primary N) is 1. The van der Waals surface area contributed by atoms with Crippen molar-refractivity contribution >= 4 is 9.24 Å². The summed E-state index contributed by atoms with van der Waals surface area (Å²) in [5.41, 5.74) is 4.72. The molecule has 0 aromatic rings. The Balaban J connectivity index is 3.62. The van der Waals surface area contributed by atoms with E-state index in [0.29, 0.717) is 6.54 Å². The molecule has 0 saturated carbocycles. The second-order valence-electron chi connectivity index (χ2n) is 2.50. The van der Waals surface area contributed by atoms with E-state index in [1.807, 2.05) is 0 Å². The molecule has 0 aliphatic rings. The molecule has 0 heterocycles. The molecule has 0 aliphatic heterocycles. The van der Waals surface area contributed by atoms with E-state index in [4.69, 9.17) is 5.73 Å². The van der Waals surface area contributed by atoms with Crippen LogP contribution in [0.5, 0.6) is 0 Å². The van der Waals surface area contributed by atoms with Gasteiger partial charge in [0.2, 0.25) is 0 Å². The van der Waals surface area contributed by atoms with Crippen LogP contribution in [0.25, 0.3) is 0 Å². The molecule has 0 aromatic heterocycles. The summed E-state index contributed by atoms with van der Waals surface area (Å²) < 4.78 is 0. The largest absolute Gasteiger partial charge is 0.390 e. The fourth-order valence-electron chi connectivity index (χ4n) is 0.288. The molecule has 2 unspecified atom stereocenters. The summed E-state index contributed by atoms with van der Waals surface area (Å²) in [6.07, 6.45) is 0. The minimum atomic E-state index is -0.653. The lowest BCUT2D eigenvalue weighted by Crippen LogP contribution is -2.36. The molecular formula is C5H14NOP. The van der Waals surface area contributed by atoms with Crippen molar-refractivity contribution in [3.8, 4) is 0 Å². The van der Waals surface area contributed by atoms with Crippen LogP contribution in [0.3, 0.4) is 0 Å². The molecular weight excluding hydrogens is 121 g/mol. The van der Waals surface area contributed by atoms with Crippen molar-refractivity contribution in [3.63, 3.8) is 0 Å². The Morgan fingerprint density at radius 2 is 2.12 bits per heavy atom. The third-order valence-corrected chi connectivity index (χ3v) is 2.25. The maximum Gasteiger partial charge on any atom is 0.0666 e. The summed E-state index contributed by atoms with van der Waals surface area (Å²) >= 11 is 0. The third-order valence-electron chi connectivity index (χ3n) is 1.16. The maximum absolute atomic E-state index is 9.19. The van der Waals surface area contributed by atoms with Gasteiger partial charge in [0.15, 0.2) is 0 Å². The fourth-order valence-corrected chi connectivity index (χ4v) is 0.288. The molecule has 0 aliphatic carbocycles. The van der Waals surface area contributed by atoms with Gasteiger partial charge in [-0.05, 0) is 13.8 Å². The standard InChI is InChI=1S/C5H14NOP/c1-5(2,7)4(8)3-6/h4,7H,3,6,8H2,1-2H3. The lowest BCUT2D eigenvalue weighted by molar-refractivity contribution is 0.0795. The van der Waals surface area contributed by atoms with Crippen molar-refractivity contribution in [2.24, 2.45) is 5.73 Å². The van der Waals surface area contributed by atoms with Gasteiger partial charge in [-0.3, -0.25) is 0 Å². The topological polar surface area (TPSA) is 46.2 Å². The molecule has 3 heteroatoms. The highest BCUT2D eigenvalue weighted by Crippen LogP contribution is 2.14. The third kappa shape index (κ3) is 2.61. The fraction of sp³-hybridized carbons (Fsp3) is 1.00. The molecule has 0 saturated heterocycles. The van der Waals surface area contributed by atoms with Gasteiger partial charge >= 0.3 is 0 Å². The predicted octanol–water partition coefficient (Wildman–Crippen LogP) is -0.0403. The van der Waals surface area contributed by atoms with Gasteiger partial charge in [-0.25, -0.2) is 0 Å². The first kappa shape index (κ1) is 8.35. The molecule has 3 N–H and O–H groups in total. The minimum Gasteiger partial charge on any atom is -0.390 e. The van der Waals surface area contributed by atoms with Crippen LogP contribution in [0.15, 0.2) is 0 Å². The Hall–Kier alpha value is 0.350. The Labute approximate surface area is 52.7 Å². The van der Waals surface area contributed by atoms with Crippen LogP contribution in [0.4, 0.5) is 0 Å². The van der Waals surface area contributed by atoms with E-state index in [0.717, 1.165) is 0 Å². The monoisotopic (exact) mass is 135 g/mol. The van der Waals surface area contributed by atoms with Crippen LogP contribution in [0.2, 0.25) is 0 Å². The smallest absolute Gasteiger partial charge is 0.0666 e. The van der Waals surface area contributed by atoms with Crippen molar-refractivity contribution < 1.29 is 5.11 Å². The molecule has 0 rings (SSSR count). The highest BCUT2D eigenvalue weighted by molar-refractivity contribution is 7.17. The first-order valence-electron chi connectivity index (χ1n) is 2.66. The summed E-state index contributed by atoms with van der Waals surface area (Å²) in [6.45, 7) is 4.00. The summed E-state index contributed by atoms with van der Waals surface area (Å²) in [7, 11) is 2.50. The van der Waals surface area contributed by atoms with Crippen LogP contribution in [0, 0.1) is 0 Å². The molecule has 0 spiro atoms. The Morgan fingerprint density at radius 3 is 2.12 bits per heavy atom. The lowest BCUT2D eigenvalue weighted by atomic mass is 10.1. The van der Waals surface area contributed by atoms with Gasteiger partial charge in [0.05, 0.1) is 5.60 Å². The average Bonchev–Trinajstić information content (AvgIpc) is 1.62. The highest BCUT2D eigenvalue weighted by atomic mass is 31.0. The molecule has 0 bridgehead atoms. The number of hydrogen-bond donors (Lipinski definition) is 2. The quantitative estimate of drug-likeness (QED) is 0.522. The van der Waals surface area contributed by atoms with Crippen LogP contribution in [-0.4, -0.2) is 22.9 Å². The first-order chi connectivity index (χ1) is 3.48. The summed E-state index contributed by atoms with van der Waals surface area (Å²) in [5, 5.41) is 9.19. The molecule has 0 aromatic carbocycles. The Morgan fingerprint density at radius 1 is 1.75 bits per heavy atom. The number of rotatable bonds is 2. The molecule has 8 heavy (non-hydrogen) atoms. The van der Waals surface area contributed by atoms with Gasteiger partial charge in [-0.2, -0.15) is 0 Å². The highest BCUT2D eigenvalue weighted by Gasteiger charge is 2.20. The first-order valence-corrected chi connectivity index (χ1v) is 3.33. The zero-order valence-corrected chi connectivity index (χ0v) is 6.54. The van der Waals surface area contributed by atoms with Crippen molar-refractivity contribution in [2.45, 2.75) is 25.1 Å². The van der Waals surface area contributed by atoms with Gasteiger partial charge in [-0.15, -0.1) is 9.24 Å². The van der Waals surface area contributed by atoms with Crippen LogP contribution < -0.4 is 5.73 Å². The SMILES string of the molecule is CC(C)(O)C(P)CN. The predicted molar refractivity (Wildman–Crippen MR) is 38.9 cm³/mol. The van der Waals surface area contributed by atoms with Crippen molar-refractivity contribution in [3.05, 3.63) is 0 Å². The van der Waals surface area contributed by atoms with E-state index in [1.54, 1.807) is 13.8 Å². The average molecular weight is 135 g/mol. The molecule has 0 fully saturated rings. The number of hydrogen-bond acceptors (Lipinski definition) is 2. The van der Waals surface area contributed by atoms with Crippen LogP contribution >= 0.6 is 9.24 Å². The van der Waals surface area contributed by atoms with E-state index >= 15 is 0 Å². The Kier molecular flexibility index (Phi) is 2.89. The Bertz CT molecular complexity index is 69.3. The van der Waals surface area contributed by atoms with Crippen molar-refractivity contribution in [1.82, 2.24) is 0 Å². The zero-order chi connectivity index (χ0) is 6.78. The lowest BCUT2D eigenvalue weighted by Gasteiger charge is -2.23. The van der Waals surface area contributed by atoms with Gasteiger partial charge in [-0.1, -0.05) is 0 Å². The summed E-state index contributed by atoms with van der Waals surface area (Å²) in [5.74, 6) is 0. The van der Waals surface area contributed by atoms with Crippen molar-refractivity contribution in [2.75, 3.05) is 6.54 Å². The van der Waals surface area contributed by atoms with E-state index in [-0.39, 0.29) is 5.66 Å². The zero-order valence-electron chi connectivity index (χ0n) is 5.39. The number of aliphatic hydroxyl groups is 1. The van der Waals surface area contributed by atoms with E-state index in [1.165, 1.54) is 0 Å². The minimum absolute atomic E-state index is 0.0995. The molecule has 50 valence electrons. The maximum atomic E-state index is 9.19. The second kappa shape index (κ2) is 2.77. The van der Waals surface area contributed by atoms with Gasteiger partial charge in [0.1, 0.15) is 0 Å². The molecule has 0 amide bonds. The van der Waals surface area contributed by atoms with E-state index in [2.05, 4.69) is 9.24 Å². The van der Waals surface area contributed by atoms with Gasteiger partial charge in [0, 0.05) is 12.2 Å². The van der Waals surface area contributed by atoms with Crippen LogP contribution in [0.1, 0.15) is 13.8 Å². The van der Waals surface area contributed by atoms with Crippen LogP contribution in [-0.2, 0) is 0 Å².